The third kappa shape index (κ3) is 2.25. The van der Waals surface area contributed by atoms with Crippen molar-refractivity contribution < 1.29 is 14.6 Å². The number of esters is 1. The Morgan fingerprint density at radius 1 is 1.12 bits per heavy atom. The summed E-state index contributed by atoms with van der Waals surface area (Å²) in [5.41, 5.74) is 3.45. The molecule has 2 unspecified atom stereocenters. The summed E-state index contributed by atoms with van der Waals surface area (Å²) in [4.78, 5) is 11.6. The normalized spacial score (nSPS) is 50.3. The zero-order chi connectivity index (χ0) is 18.1. The number of carbonyl (C=O) groups is 1. The molecule has 3 heteroatoms. The molecule has 0 amide bonds. The van der Waals surface area contributed by atoms with Gasteiger partial charge in [0.05, 0.1) is 6.10 Å². The predicted molar refractivity (Wildman–Crippen MR) is 100 cm³/mol. The van der Waals surface area contributed by atoms with Crippen LogP contribution in [0.4, 0.5) is 0 Å². The van der Waals surface area contributed by atoms with E-state index in [0.717, 1.165) is 37.0 Å². The highest BCUT2D eigenvalue weighted by Crippen LogP contribution is 2.67. The minimum atomic E-state index is -0.140. The first-order valence-electron chi connectivity index (χ1n) is 10.7. The second-order valence-electron chi connectivity index (χ2n) is 10.2. The average molecular weight is 357 g/mol. The second kappa shape index (κ2) is 5.70. The molecule has 0 bridgehead atoms. The largest absolute Gasteiger partial charge is 0.458 e. The zero-order valence-corrected chi connectivity index (χ0v) is 16.2. The molecule has 3 saturated carbocycles. The van der Waals surface area contributed by atoms with E-state index in [1.807, 2.05) is 0 Å². The van der Waals surface area contributed by atoms with Crippen LogP contribution in [-0.2, 0) is 9.53 Å². The number of hydrogen-bond acceptors (Lipinski definition) is 3. The molecule has 1 N–H and O–H groups in total. The van der Waals surface area contributed by atoms with Crippen molar-refractivity contribution in [1.82, 2.24) is 0 Å². The van der Waals surface area contributed by atoms with E-state index < -0.39 is 0 Å². The summed E-state index contributed by atoms with van der Waals surface area (Å²) in [5.74, 6) is 2.72. The van der Waals surface area contributed by atoms with Crippen molar-refractivity contribution in [2.75, 3.05) is 6.61 Å². The molecule has 0 spiro atoms. The van der Waals surface area contributed by atoms with Gasteiger partial charge in [0.25, 0.3) is 0 Å². The van der Waals surface area contributed by atoms with Crippen molar-refractivity contribution >= 4 is 5.97 Å². The highest BCUT2D eigenvalue weighted by atomic mass is 16.5. The lowest BCUT2D eigenvalue weighted by Gasteiger charge is -2.58. The van der Waals surface area contributed by atoms with Crippen LogP contribution in [0.15, 0.2) is 23.3 Å². The Kier molecular flexibility index (Phi) is 3.74. The van der Waals surface area contributed by atoms with Gasteiger partial charge in [0, 0.05) is 6.08 Å². The molecule has 0 aromatic rings. The van der Waals surface area contributed by atoms with Crippen LogP contribution in [0.1, 0.15) is 65.2 Å². The third-order valence-corrected chi connectivity index (χ3v) is 9.21. The molecule has 0 radical (unpaired) electrons. The summed E-state index contributed by atoms with van der Waals surface area (Å²) in [6.07, 6.45) is 13.5. The molecule has 142 valence electrons. The first-order chi connectivity index (χ1) is 12.4. The Morgan fingerprint density at radius 2 is 1.96 bits per heavy atom. The van der Waals surface area contributed by atoms with Crippen LogP contribution < -0.4 is 0 Å². The molecule has 1 heterocycles. The van der Waals surface area contributed by atoms with Crippen molar-refractivity contribution in [3.05, 3.63) is 23.3 Å². The molecular formula is C23H32O3. The number of ether oxygens (including phenoxy) is 1. The predicted octanol–water partition coefficient (Wildman–Crippen LogP) is 4.41. The molecule has 5 rings (SSSR count). The summed E-state index contributed by atoms with van der Waals surface area (Å²) in [6.45, 7) is 5.52. The van der Waals surface area contributed by atoms with Gasteiger partial charge < -0.3 is 9.84 Å². The number of carbonyl (C=O) groups excluding carboxylic acids is 1. The van der Waals surface area contributed by atoms with Crippen LogP contribution in [0.25, 0.3) is 0 Å². The van der Waals surface area contributed by atoms with Crippen LogP contribution in [0.2, 0.25) is 0 Å². The van der Waals surface area contributed by atoms with Crippen molar-refractivity contribution in [2.45, 2.75) is 71.3 Å². The van der Waals surface area contributed by atoms with Crippen molar-refractivity contribution in [3.63, 3.8) is 0 Å². The van der Waals surface area contributed by atoms with Crippen LogP contribution in [0, 0.1) is 34.5 Å². The molecule has 0 aromatic heterocycles. The molecule has 7 atom stereocenters. The van der Waals surface area contributed by atoms with Crippen molar-refractivity contribution in [1.29, 1.82) is 0 Å². The standard InChI is InChI=1S/C23H32O3/c1-22-9-7-16(24)12-15(22)3-4-17-19-6-5-18(14-11-21(25)26-13-14)23(19,2)10-8-20(17)22/h3,11,16-20,24H,4-10,12-13H2,1-2H3/t16-,17?,18+,19-,20?,22-,23+/m0/s1. The van der Waals surface area contributed by atoms with E-state index in [9.17, 15) is 9.90 Å². The average Bonchev–Trinajstić information content (AvgIpc) is 3.18. The number of hydrogen-bond donors (Lipinski definition) is 1. The van der Waals surface area contributed by atoms with Gasteiger partial charge in [-0.25, -0.2) is 4.79 Å². The van der Waals surface area contributed by atoms with Gasteiger partial charge in [-0.3, -0.25) is 0 Å². The van der Waals surface area contributed by atoms with E-state index in [1.54, 1.807) is 11.6 Å². The maximum atomic E-state index is 11.6. The topological polar surface area (TPSA) is 46.5 Å². The van der Waals surface area contributed by atoms with Gasteiger partial charge in [-0.1, -0.05) is 25.5 Å². The minimum Gasteiger partial charge on any atom is -0.458 e. The number of fused-ring (bicyclic) bond motifs is 5. The van der Waals surface area contributed by atoms with Gasteiger partial charge >= 0.3 is 5.97 Å². The Balaban J connectivity index is 1.45. The third-order valence-electron chi connectivity index (χ3n) is 9.21. The Bertz CT molecular complexity index is 692. The maximum Gasteiger partial charge on any atom is 0.331 e. The molecule has 0 saturated heterocycles. The van der Waals surface area contributed by atoms with Crippen LogP contribution >= 0.6 is 0 Å². The van der Waals surface area contributed by atoms with Gasteiger partial charge in [-0.05, 0) is 91.4 Å². The van der Waals surface area contributed by atoms with Gasteiger partial charge in [0.15, 0.2) is 0 Å². The second-order valence-corrected chi connectivity index (χ2v) is 10.2. The van der Waals surface area contributed by atoms with E-state index in [4.69, 9.17) is 4.74 Å². The molecule has 26 heavy (non-hydrogen) atoms. The number of allylic oxidation sites excluding steroid dienone is 1. The van der Waals surface area contributed by atoms with E-state index >= 15 is 0 Å². The number of aliphatic hydroxyl groups is 1. The molecule has 1 aliphatic heterocycles. The molecule has 0 aromatic carbocycles. The molecular weight excluding hydrogens is 324 g/mol. The van der Waals surface area contributed by atoms with Gasteiger partial charge in [0.2, 0.25) is 0 Å². The summed E-state index contributed by atoms with van der Waals surface area (Å²) in [5, 5.41) is 10.1. The first-order valence-corrected chi connectivity index (χ1v) is 10.7. The quantitative estimate of drug-likeness (QED) is 0.559. The van der Waals surface area contributed by atoms with Gasteiger partial charge in [-0.2, -0.15) is 0 Å². The van der Waals surface area contributed by atoms with Crippen LogP contribution in [-0.4, -0.2) is 23.8 Å². The number of rotatable bonds is 1. The summed E-state index contributed by atoms with van der Waals surface area (Å²) >= 11 is 0. The van der Waals surface area contributed by atoms with Gasteiger partial charge in [-0.15, -0.1) is 0 Å². The highest BCUT2D eigenvalue weighted by Gasteiger charge is 2.59. The number of aliphatic hydroxyl groups excluding tert-OH is 1. The van der Waals surface area contributed by atoms with Crippen molar-refractivity contribution in [3.8, 4) is 0 Å². The molecule has 3 nitrogen and oxygen atoms in total. The van der Waals surface area contributed by atoms with E-state index in [-0.39, 0.29) is 12.1 Å². The van der Waals surface area contributed by atoms with Crippen LogP contribution in [0.3, 0.4) is 0 Å². The summed E-state index contributed by atoms with van der Waals surface area (Å²) in [7, 11) is 0. The molecule has 3 fully saturated rings. The summed E-state index contributed by atoms with van der Waals surface area (Å²) in [6, 6.07) is 0. The molecule has 5 aliphatic rings. The lowest BCUT2D eigenvalue weighted by molar-refractivity contribution is -0.135. The zero-order valence-electron chi connectivity index (χ0n) is 16.2. The maximum absolute atomic E-state index is 11.6. The minimum absolute atomic E-state index is 0.123. The smallest absolute Gasteiger partial charge is 0.331 e. The highest BCUT2D eigenvalue weighted by molar-refractivity contribution is 5.85. The SMILES string of the molecule is C[C@]12CCC3C(CC=C4C[C@@H](O)CC[C@@]43C)[C@@H]1CC[C@@H]2C1=CC(=O)OC1. The van der Waals surface area contributed by atoms with E-state index in [2.05, 4.69) is 19.9 Å². The Morgan fingerprint density at radius 3 is 2.73 bits per heavy atom. The molecule has 4 aliphatic carbocycles. The first kappa shape index (κ1) is 17.0. The monoisotopic (exact) mass is 356 g/mol. The summed E-state index contributed by atoms with van der Waals surface area (Å²) < 4.78 is 5.24. The Labute approximate surface area is 156 Å². The fourth-order valence-electron chi connectivity index (χ4n) is 7.84. The lowest BCUT2D eigenvalue weighted by atomic mass is 9.47. The van der Waals surface area contributed by atoms with Gasteiger partial charge in [0.1, 0.15) is 6.61 Å². The lowest BCUT2D eigenvalue weighted by Crippen LogP contribution is -2.50. The Hall–Kier alpha value is -1.09. The fraction of sp³-hybridized carbons (Fsp3) is 0.783. The fourth-order valence-corrected chi connectivity index (χ4v) is 7.84. The van der Waals surface area contributed by atoms with E-state index in [0.29, 0.717) is 23.4 Å². The van der Waals surface area contributed by atoms with Crippen LogP contribution in [0.5, 0.6) is 0 Å². The van der Waals surface area contributed by atoms with Crippen molar-refractivity contribution in [2.24, 2.45) is 34.5 Å². The van der Waals surface area contributed by atoms with E-state index in [1.165, 1.54) is 37.7 Å². The number of cyclic esters (lactones) is 1.